The monoisotopic (exact) mass is 289 g/mol. The zero-order valence-corrected chi connectivity index (χ0v) is 10.6. The zero-order chi connectivity index (χ0) is 12.3. The van der Waals surface area contributed by atoms with E-state index in [1.165, 1.54) is 11.1 Å². The Labute approximate surface area is 100 Å². The number of rotatable bonds is 3. The molecule has 0 bridgehead atoms. The van der Waals surface area contributed by atoms with Gasteiger partial charge >= 0.3 is 5.69 Å². The van der Waals surface area contributed by atoms with Gasteiger partial charge in [0.05, 0.1) is 4.47 Å². The second-order valence-electron chi connectivity index (χ2n) is 3.44. The normalized spacial score (nSPS) is 10.2. The largest absolute Gasteiger partial charge is 0.349 e. The summed E-state index contributed by atoms with van der Waals surface area (Å²) in [6.07, 6.45) is 1.40. The lowest BCUT2D eigenvalue weighted by Crippen LogP contribution is -2.36. The van der Waals surface area contributed by atoms with E-state index in [4.69, 9.17) is 0 Å². The van der Waals surface area contributed by atoms with Gasteiger partial charge in [0.1, 0.15) is 0 Å². The van der Waals surface area contributed by atoms with Gasteiger partial charge in [-0.1, -0.05) is 0 Å². The number of nitrogens with one attached hydrogen (secondary N) is 1. The number of nitrogens with zero attached hydrogens (tertiary/aromatic N) is 2. The molecule has 0 fully saturated rings. The number of hydrogen-bond acceptors (Lipinski definition) is 3. The van der Waals surface area contributed by atoms with Gasteiger partial charge in [0, 0.05) is 33.3 Å². The van der Waals surface area contributed by atoms with Crippen LogP contribution >= 0.6 is 15.9 Å². The minimum absolute atomic E-state index is 0.0740. The Morgan fingerprint density at radius 3 is 2.69 bits per heavy atom. The van der Waals surface area contributed by atoms with Crippen molar-refractivity contribution in [2.45, 2.75) is 13.0 Å². The summed E-state index contributed by atoms with van der Waals surface area (Å²) in [4.78, 5) is 38.0. The predicted octanol–water partition coefficient (Wildman–Crippen LogP) is -0.223. The number of hydrogen-bond donors (Lipinski definition) is 1. The first-order chi connectivity index (χ1) is 7.43. The van der Waals surface area contributed by atoms with Crippen molar-refractivity contribution in [1.29, 1.82) is 0 Å². The van der Waals surface area contributed by atoms with E-state index < -0.39 is 11.2 Å². The smallest absolute Gasteiger partial charge is 0.328 e. The summed E-state index contributed by atoms with van der Waals surface area (Å²) in [5.41, 5.74) is -0.949. The third-order valence-electron chi connectivity index (χ3n) is 2.07. The minimum Gasteiger partial charge on any atom is -0.349 e. The SMILES string of the molecule is CN(C)C(=O)CCn1c(=O)[nH]cc(Br)c1=O. The first-order valence-electron chi connectivity index (χ1n) is 4.61. The molecule has 1 aromatic heterocycles. The molecule has 0 spiro atoms. The fourth-order valence-corrected chi connectivity index (χ4v) is 1.45. The number of halogens is 1. The predicted molar refractivity (Wildman–Crippen MR) is 62.3 cm³/mol. The molecule has 16 heavy (non-hydrogen) atoms. The quantitative estimate of drug-likeness (QED) is 0.836. The highest BCUT2D eigenvalue weighted by atomic mass is 79.9. The Kier molecular flexibility index (Phi) is 4.05. The summed E-state index contributed by atoms with van der Waals surface area (Å²) >= 11 is 3.02. The number of amides is 1. The van der Waals surface area contributed by atoms with E-state index in [1.807, 2.05) is 0 Å². The Bertz CT molecular complexity index is 503. The molecule has 1 heterocycles. The van der Waals surface area contributed by atoms with Crippen molar-refractivity contribution in [1.82, 2.24) is 14.5 Å². The molecule has 0 radical (unpaired) electrons. The molecule has 0 atom stereocenters. The van der Waals surface area contributed by atoms with E-state index in [1.54, 1.807) is 14.1 Å². The van der Waals surface area contributed by atoms with Gasteiger partial charge in [-0.25, -0.2) is 4.79 Å². The molecule has 6 nitrogen and oxygen atoms in total. The molecule has 1 N–H and O–H groups in total. The number of aromatic amines is 1. The minimum atomic E-state index is -0.514. The van der Waals surface area contributed by atoms with Crippen LogP contribution in [-0.2, 0) is 11.3 Å². The van der Waals surface area contributed by atoms with Gasteiger partial charge in [-0.15, -0.1) is 0 Å². The lowest BCUT2D eigenvalue weighted by atomic mass is 10.4. The molecule has 0 unspecified atom stereocenters. The van der Waals surface area contributed by atoms with E-state index in [0.29, 0.717) is 0 Å². The Balaban J connectivity index is 2.91. The number of H-pyrrole nitrogens is 1. The van der Waals surface area contributed by atoms with Crippen LogP contribution in [-0.4, -0.2) is 34.5 Å². The molecule has 1 amide bonds. The van der Waals surface area contributed by atoms with Gasteiger partial charge in [-0.05, 0) is 15.9 Å². The molecule has 0 aromatic carbocycles. The molecule has 1 aromatic rings. The number of aromatic nitrogens is 2. The lowest BCUT2D eigenvalue weighted by molar-refractivity contribution is -0.128. The van der Waals surface area contributed by atoms with Gasteiger partial charge < -0.3 is 9.88 Å². The van der Waals surface area contributed by atoms with Gasteiger partial charge in [0.15, 0.2) is 0 Å². The van der Waals surface area contributed by atoms with Gasteiger partial charge in [0.2, 0.25) is 5.91 Å². The van der Waals surface area contributed by atoms with Gasteiger partial charge in [0.25, 0.3) is 5.56 Å². The number of carbonyl (C=O) groups is 1. The third-order valence-corrected chi connectivity index (χ3v) is 2.63. The topological polar surface area (TPSA) is 75.2 Å². The molecular weight excluding hydrogens is 278 g/mol. The highest BCUT2D eigenvalue weighted by Gasteiger charge is 2.08. The maximum absolute atomic E-state index is 11.5. The second kappa shape index (κ2) is 5.11. The van der Waals surface area contributed by atoms with Crippen LogP contribution in [0.4, 0.5) is 0 Å². The average Bonchev–Trinajstić information content (AvgIpc) is 2.23. The number of carbonyl (C=O) groups excluding carboxylic acids is 1. The van der Waals surface area contributed by atoms with E-state index in [9.17, 15) is 14.4 Å². The van der Waals surface area contributed by atoms with Crippen LogP contribution in [0.15, 0.2) is 20.3 Å². The molecule has 1 rings (SSSR count). The maximum atomic E-state index is 11.5. The summed E-state index contributed by atoms with van der Waals surface area (Å²) in [6.45, 7) is 0.0740. The second-order valence-corrected chi connectivity index (χ2v) is 4.29. The highest BCUT2D eigenvalue weighted by Crippen LogP contribution is 1.97. The van der Waals surface area contributed by atoms with Gasteiger partial charge in [-0.2, -0.15) is 0 Å². The van der Waals surface area contributed by atoms with Crippen molar-refractivity contribution in [2.75, 3.05) is 14.1 Å². The maximum Gasteiger partial charge on any atom is 0.328 e. The standard InChI is InChI=1S/C9H12BrN3O3/c1-12(2)7(14)3-4-13-8(15)6(10)5-11-9(13)16/h5H,3-4H2,1-2H3,(H,11,16). The molecule has 0 aliphatic rings. The lowest BCUT2D eigenvalue weighted by Gasteiger charge is -2.10. The molecule has 0 aliphatic carbocycles. The molecule has 7 heteroatoms. The first kappa shape index (κ1) is 12.7. The molecule has 0 aliphatic heterocycles. The Morgan fingerprint density at radius 1 is 1.50 bits per heavy atom. The van der Waals surface area contributed by atoms with Crippen molar-refractivity contribution in [3.05, 3.63) is 31.5 Å². The third kappa shape index (κ3) is 2.82. The van der Waals surface area contributed by atoms with Crippen LogP contribution in [0, 0.1) is 0 Å². The van der Waals surface area contributed by atoms with Crippen LogP contribution in [0.25, 0.3) is 0 Å². The molecule has 0 saturated carbocycles. The van der Waals surface area contributed by atoms with Gasteiger partial charge in [-0.3, -0.25) is 14.2 Å². The van der Waals surface area contributed by atoms with Crippen LogP contribution in [0.1, 0.15) is 6.42 Å². The summed E-state index contributed by atoms with van der Waals surface area (Å²) in [6, 6.07) is 0. The van der Waals surface area contributed by atoms with Crippen molar-refractivity contribution < 1.29 is 4.79 Å². The fraction of sp³-hybridized carbons (Fsp3) is 0.444. The van der Waals surface area contributed by atoms with Crippen LogP contribution < -0.4 is 11.2 Å². The first-order valence-corrected chi connectivity index (χ1v) is 5.41. The molecule has 88 valence electrons. The van der Waals surface area contributed by atoms with E-state index >= 15 is 0 Å². The van der Waals surface area contributed by atoms with Crippen molar-refractivity contribution in [3.63, 3.8) is 0 Å². The van der Waals surface area contributed by atoms with Crippen LogP contribution in [0.5, 0.6) is 0 Å². The summed E-state index contributed by atoms with van der Waals surface area (Å²) in [7, 11) is 3.24. The van der Waals surface area contributed by atoms with E-state index in [2.05, 4.69) is 20.9 Å². The summed E-state index contributed by atoms with van der Waals surface area (Å²) < 4.78 is 1.26. The van der Waals surface area contributed by atoms with Crippen molar-refractivity contribution >= 4 is 21.8 Å². The van der Waals surface area contributed by atoms with Crippen molar-refractivity contribution in [3.8, 4) is 0 Å². The summed E-state index contributed by atoms with van der Waals surface area (Å²) in [5.74, 6) is -0.133. The fourth-order valence-electron chi connectivity index (χ4n) is 1.12. The van der Waals surface area contributed by atoms with E-state index in [-0.39, 0.29) is 23.3 Å². The van der Waals surface area contributed by atoms with Crippen molar-refractivity contribution in [2.24, 2.45) is 0 Å². The summed E-state index contributed by atoms with van der Waals surface area (Å²) in [5, 5.41) is 0. The average molecular weight is 290 g/mol. The Hall–Kier alpha value is -1.37. The highest BCUT2D eigenvalue weighted by molar-refractivity contribution is 9.10. The Morgan fingerprint density at radius 2 is 2.12 bits per heavy atom. The molecule has 0 saturated heterocycles. The zero-order valence-electron chi connectivity index (χ0n) is 8.99. The molecular formula is C9H12BrN3O3. The van der Waals surface area contributed by atoms with Crippen LogP contribution in [0.3, 0.4) is 0 Å². The van der Waals surface area contributed by atoms with E-state index in [0.717, 1.165) is 4.57 Å². The van der Waals surface area contributed by atoms with Crippen LogP contribution in [0.2, 0.25) is 0 Å².